The number of carbonyl (C=O) groups is 4. The summed E-state index contributed by atoms with van der Waals surface area (Å²) >= 11 is 1.58. The molecule has 1 fully saturated rings. The summed E-state index contributed by atoms with van der Waals surface area (Å²) in [6, 6.07) is -3.52. The van der Waals surface area contributed by atoms with E-state index in [2.05, 4.69) is 20.6 Å². The van der Waals surface area contributed by atoms with Crippen molar-refractivity contribution in [2.45, 2.75) is 70.1 Å². The number of aliphatic carboxylic acids is 1. The normalized spacial score (nSPS) is 18.4. The van der Waals surface area contributed by atoms with Gasteiger partial charge in [0, 0.05) is 24.9 Å². The van der Waals surface area contributed by atoms with E-state index in [1.807, 2.05) is 20.1 Å². The maximum atomic E-state index is 13.5. The van der Waals surface area contributed by atoms with E-state index < -0.39 is 47.9 Å². The number of nitrogens with two attached hydrogens (primary N) is 1. The molecule has 4 unspecified atom stereocenters. The number of amides is 3. The van der Waals surface area contributed by atoms with E-state index in [9.17, 15) is 24.3 Å². The van der Waals surface area contributed by atoms with Crippen molar-refractivity contribution < 1.29 is 24.3 Å². The smallest absolute Gasteiger partial charge is 0.326 e. The minimum Gasteiger partial charge on any atom is -0.480 e. The van der Waals surface area contributed by atoms with Crippen LogP contribution in [0.5, 0.6) is 0 Å². The van der Waals surface area contributed by atoms with Crippen LogP contribution in [0.4, 0.5) is 0 Å². The van der Waals surface area contributed by atoms with E-state index in [-0.39, 0.29) is 18.8 Å². The minimum atomic E-state index is -1.11. The van der Waals surface area contributed by atoms with Crippen molar-refractivity contribution in [1.82, 2.24) is 25.5 Å². The number of nitrogens with zero attached hydrogens (tertiary/aromatic N) is 2. The van der Waals surface area contributed by atoms with Crippen molar-refractivity contribution in [1.29, 1.82) is 0 Å². The molecule has 34 heavy (non-hydrogen) atoms. The van der Waals surface area contributed by atoms with Gasteiger partial charge in [0.1, 0.15) is 18.1 Å². The number of carbonyl (C=O) groups excluding carboxylic acids is 3. The topological polar surface area (TPSA) is 171 Å². The summed E-state index contributed by atoms with van der Waals surface area (Å²) in [5.41, 5.74) is 6.64. The van der Waals surface area contributed by atoms with Gasteiger partial charge in [-0.2, -0.15) is 11.8 Å². The van der Waals surface area contributed by atoms with Crippen LogP contribution < -0.4 is 16.4 Å². The van der Waals surface area contributed by atoms with Gasteiger partial charge in [0.05, 0.1) is 12.4 Å². The first-order chi connectivity index (χ1) is 16.1. The maximum Gasteiger partial charge on any atom is 0.326 e. The Kier molecular flexibility index (Phi) is 10.8. The van der Waals surface area contributed by atoms with Crippen molar-refractivity contribution in [2.24, 2.45) is 11.7 Å². The number of nitrogens with one attached hydrogen (secondary N) is 3. The molecule has 0 aliphatic carbocycles. The van der Waals surface area contributed by atoms with Crippen LogP contribution in [-0.4, -0.2) is 86.4 Å². The van der Waals surface area contributed by atoms with Crippen molar-refractivity contribution in [3.05, 3.63) is 18.2 Å². The number of hydrogen-bond donors (Lipinski definition) is 5. The number of hydrogen-bond acceptors (Lipinski definition) is 7. The maximum absolute atomic E-state index is 13.5. The van der Waals surface area contributed by atoms with Crippen LogP contribution in [0.15, 0.2) is 12.5 Å². The number of thioether (sulfide) groups is 1. The number of H-pyrrole nitrogens is 1. The molecule has 0 spiro atoms. The van der Waals surface area contributed by atoms with E-state index in [1.165, 1.54) is 11.2 Å². The summed E-state index contributed by atoms with van der Waals surface area (Å²) in [7, 11) is 0. The van der Waals surface area contributed by atoms with Gasteiger partial charge in [0.2, 0.25) is 17.7 Å². The molecule has 3 amide bonds. The van der Waals surface area contributed by atoms with Gasteiger partial charge >= 0.3 is 5.97 Å². The molecule has 11 nitrogen and oxygen atoms in total. The number of carboxylic acids is 1. The summed E-state index contributed by atoms with van der Waals surface area (Å²) < 4.78 is 0. The second-order valence-corrected chi connectivity index (χ2v) is 9.93. The molecule has 0 saturated carbocycles. The molecule has 2 heterocycles. The molecule has 0 radical (unpaired) electrons. The number of imidazole rings is 1. The number of aromatic amines is 1. The van der Waals surface area contributed by atoms with Crippen molar-refractivity contribution in [3.63, 3.8) is 0 Å². The quantitative estimate of drug-likeness (QED) is 0.256. The highest BCUT2D eigenvalue weighted by Gasteiger charge is 2.39. The summed E-state index contributed by atoms with van der Waals surface area (Å²) in [6.45, 7) is 4.09. The number of likely N-dealkylation sites (tertiary alicyclic amines) is 1. The van der Waals surface area contributed by atoms with Gasteiger partial charge in [-0.1, -0.05) is 13.8 Å². The van der Waals surface area contributed by atoms with Crippen LogP contribution in [0.3, 0.4) is 0 Å². The molecule has 6 N–H and O–H groups in total. The van der Waals surface area contributed by atoms with E-state index in [1.54, 1.807) is 18.0 Å². The SMILES string of the molecule is CSCCC(N)C(=O)NC(Cc1cnc[nH]1)C(=O)N1CCCC1C(=O)NC(CC(C)C)C(=O)O. The fraction of sp³-hybridized carbons (Fsp3) is 0.682. The molecule has 4 atom stereocenters. The van der Waals surface area contributed by atoms with Crippen LogP contribution in [0, 0.1) is 5.92 Å². The molecular weight excluding hydrogens is 460 g/mol. The highest BCUT2D eigenvalue weighted by atomic mass is 32.2. The predicted molar refractivity (Wildman–Crippen MR) is 129 cm³/mol. The van der Waals surface area contributed by atoms with Crippen LogP contribution in [0.1, 0.15) is 45.2 Å². The lowest BCUT2D eigenvalue weighted by atomic mass is 10.0. The Morgan fingerprint density at radius 1 is 1.29 bits per heavy atom. The molecule has 190 valence electrons. The third-order valence-corrected chi connectivity index (χ3v) is 6.37. The first kappa shape index (κ1) is 27.6. The number of rotatable bonds is 13. The van der Waals surface area contributed by atoms with Gasteiger partial charge < -0.3 is 31.4 Å². The number of carboxylic acid groups (broad SMARTS) is 1. The van der Waals surface area contributed by atoms with Gasteiger partial charge in [0.15, 0.2) is 0 Å². The van der Waals surface area contributed by atoms with Gasteiger partial charge in [0.25, 0.3) is 0 Å². The Bertz CT molecular complexity index is 834. The Morgan fingerprint density at radius 2 is 2.03 bits per heavy atom. The monoisotopic (exact) mass is 496 g/mol. The molecular formula is C22H36N6O5S. The van der Waals surface area contributed by atoms with Crippen molar-refractivity contribution in [2.75, 3.05) is 18.6 Å². The third kappa shape index (κ3) is 8.01. The standard InChI is InChI=1S/C22H36N6O5S/c1-13(2)9-17(22(32)33)27-20(30)18-5-4-7-28(18)21(31)16(10-14-11-24-12-25-14)26-19(29)15(23)6-8-34-3/h11-13,15-18H,4-10,23H2,1-3H3,(H,24,25)(H,26,29)(H,27,30)(H,32,33). The lowest BCUT2D eigenvalue weighted by molar-refractivity contribution is -0.145. The van der Waals surface area contributed by atoms with Gasteiger partial charge in [-0.15, -0.1) is 0 Å². The molecule has 1 aliphatic rings. The first-order valence-electron chi connectivity index (χ1n) is 11.5. The molecule has 1 aromatic heterocycles. The molecule has 1 saturated heterocycles. The van der Waals surface area contributed by atoms with E-state index in [4.69, 9.17) is 5.73 Å². The zero-order valence-electron chi connectivity index (χ0n) is 20.0. The molecule has 2 rings (SSSR count). The highest BCUT2D eigenvalue weighted by Crippen LogP contribution is 2.20. The van der Waals surface area contributed by atoms with Crippen LogP contribution in [0.2, 0.25) is 0 Å². The average Bonchev–Trinajstić information content (AvgIpc) is 3.47. The largest absolute Gasteiger partial charge is 0.480 e. The molecule has 0 aromatic carbocycles. The van der Waals surface area contributed by atoms with E-state index in [0.29, 0.717) is 37.3 Å². The third-order valence-electron chi connectivity index (χ3n) is 5.72. The van der Waals surface area contributed by atoms with Crippen LogP contribution >= 0.6 is 11.8 Å². The van der Waals surface area contributed by atoms with E-state index >= 15 is 0 Å². The van der Waals surface area contributed by atoms with Crippen molar-refractivity contribution >= 4 is 35.5 Å². The Labute approximate surface area is 204 Å². The van der Waals surface area contributed by atoms with Gasteiger partial charge in [-0.25, -0.2) is 9.78 Å². The van der Waals surface area contributed by atoms with Crippen molar-refractivity contribution in [3.8, 4) is 0 Å². The Hall–Kier alpha value is -2.60. The lowest BCUT2D eigenvalue weighted by Crippen LogP contribution is -2.57. The predicted octanol–water partition coefficient (Wildman–Crippen LogP) is 0.124. The number of aromatic nitrogens is 2. The first-order valence-corrected chi connectivity index (χ1v) is 12.9. The highest BCUT2D eigenvalue weighted by molar-refractivity contribution is 7.98. The molecule has 0 bridgehead atoms. The van der Waals surface area contributed by atoms with Gasteiger partial charge in [-0.05, 0) is 43.6 Å². The molecule has 12 heteroatoms. The fourth-order valence-electron chi connectivity index (χ4n) is 3.94. The summed E-state index contributed by atoms with van der Waals surface area (Å²) in [5, 5.41) is 14.8. The fourth-order valence-corrected chi connectivity index (χ4v) is 4.42. The average molecular weight is 497 g/mol. The summed E-state index contributed by atoms with van der Waals surface area (Å²) in [6.07, 6.45) is 6.91. The second-order valence-electron chi connectivity index (χ2n) is 8.95. The second kappa shape index (κ2) is 13.3. The zero-order chi connectivity index (χ0) is 25.3. The summed E-state index contributed by atoms with van der Waals surface area (Å²) in [5.74, 6) is -1.66. The summed E-state index contributed by atoms with van der Waals surface area (Å²) in [4.78, 5) is 59.0. The van der Waals surface area contributed by atoms with Crippen LogP contribution in [0.25, 0.3) is 0 Å². The van der Waals surface area contributed by atoms with Gasteiger partial charge in [-0.3, -0.25) is 14.4 Å². The molecule has 1 aromatic rings. The Balaban J connectivity index is 2.15. The minimum absolute atomic E-state index is 0.0760. The zero-order valence-corrected chi connectivity index (χ0v) is 20.8. The van der Waals surface area contributed by atoms with E-state index in [0.717, 1.165) is 0 Å². The molecule has 1 aliphatic heterocycles. The Morgan fingerprint density at radius 3 is 2.62 bits per heavy atom. The lowest BCUT2D eigenvalue weighted by Gasteiger charge is -2.30. The van der Waals surface area contributed by atoms with Crippen LogP contribution in [-0.2, 0) is 25.6 Å².